The van der Waals surface area contributed by atoms with Crippen LogP contribution in [0.5, 0.6) is 0 Å². The first-order valence-electron chi connectivity index (χ1n) is 5.64. The van der Waals surface area contributed by atoms with E-state index in [2.05, 4.69) is 0 Å². The summed E-state index contributed by atoms with van der Waals surface area (Å²) in [5.41, 5.74) is -1.53. The molecule has 0 spiro atoms. The Kier molecular flexibility index (Phi) is 8.22. The first-order valence-corrected chi connectivity index (χ1v) is 5.64. The first-order chi connectivity index (χ1) is 6.83. The number of aliphatic hydroxyl groups is 4. The average Bonchev–Trinajstić information content (AvgIpc) is 1.72. The lowest BCUT2D eigenvalue weighted by atomic mass is 9.93. The predicted molar refractivity (Wildman–Crippen MR) is 65.2 cm³/mol. The van der Waals surface area contributed by atoms with Crippen LogP contribution in [0.1, 0.15) is 54.4 Å². The van der Waals surface area contributed by atoms with E-state index in [9.17, 15) is 10.2 Å². The molecule has 100 valence electrons. The van der Waals surface area contributed by atoms with E-state index < -0.39 is 11.2 Å². The lowest BCUT2D eigenvalue weighted by molar-refractivity contribution is -0.0244. The van der Waals surface area contributed by atoms with Crippen LogP contribution in [-0.4, -0.2) is 43.8 Å². The van der Waals surface area contributed by atoms with E-state index in [0.717, 1.165) is 0 Å². The highest BCUT2D eigenvalue weighted by atomic mass is 16.3. The highest BCUT2D eigenvalue weighted by molar-refractivity contribution is 4.76. The van der Waals surface area contributed by atoms with E-state index in [-0.39, 0.29) is 12.2 Å². The van der Waals surface area contributed by atoms with E-state index in [1.54, 1.807) is 41.5 Å². The minimum Gasteiger partial charge on any atom is -0.393 e. The molecule has 0 amide bonds. The van der Waals surface area contributed by atoms with Crippen LogP contribution in [0.3, 0.4) is 0 Å². The Bertz CT molecular complexity index is 145. The molecule has 0 saturated carbocycles. The molecule has 4 nitrogen and oxygen atoms in total. The maximum atomic E-state index is 9.19. The highest BCUT2D eigenvalue weighted by Crippen LogP contribution is 2.18. The van der Waals surface area contributed by atoms with Crippen molar-refractivity contribution in [2.24, 2.45) is 0 Å². The molecule has 0 saturated heterocycles. The van der Waals surface area contributed by atoms with E-state index in [1.165, 1.54) is 0 Å². The van der Waals surface area contributed by atoms with Gasteiger partial charge in [0.15, 0.2) is 0 Å². The summed E-state index contributed by atoms with van der Waals surface area (Å²) in [7, 11) is 0. The number of hydrogen-bond acceptors (Lipinski definition) is 4. The third kappa shape index (κ3) is 23.6. The molecular formula is C12H28O4. The molecule has 0 aliphatic carbocycles. The van der Waals surface area contributed by atoms with Crippen LogP contribution in [0.4, 0.5) is 0 Å². The number of hydrogen-bond donors (Lipinski definition) is 4. The summed E-state index contributed by atoms with van der Waals surface area (Å²) in [6.07, 6.45) is 0.125. The summed E-state index contributed by atoms with van der Waals surface area (Å²) in [4.78, 5) is 0. The maximum Gasteiger partial charge on any atom is 0.0618 e. The molecule has 0 heterocycles. The molecule has 0 bridgehead atoms. The second-order valence-corrected chi connectivity index (χ2v) is 5.74. The largest absolute Gasteiger partial charge is 0.393 e. The fraction of sp³-hybridized carbons (Fsp3) is 1.00. The normalized spacial score (nSPS) is 16.1. The van der Waals surface area contributed by atoms with E-state index in [4.69, 9.17) is 10.2 Å². The molecule has 16 heavy (non-hydrogen) atoms. The first kappa shape index (κ1) is 18.2. The van der Waals surface area contributed by atoms with Crippen LogP contribution in [0.15, 0.2) is 0 Å². The molecule has 0 aliphatic rings. The number of rotatable bonds is 4. The topological polar surface area (TPSA) is 80.9 Å². The van der Waals surface area contributed by atoms with E-state index >= 15 is 0 Å². The molecule has 0 aromatic rings. The molecular weight excluding hydrogens is 208 g/mol. The second-order valence-electron chi connectivity index (χ2n) is 5.74. The third-order valence-corrected chi connectivity index (χ3v) is 1.55. The van der Waals surface area contributed by atoms with Gasteiger partial charge in [0.05, 0.1) is 23.4 Å². The van der Waals surface area contributed by atoms with E-state index in [0.29, 0.717) is 12.8 Å². The summed E-state index contributed by atoms with van der Waals surface area (Å²) in [5.74, 6) is 0. The SMILES string of the molecule is CC(C)(O)CC(C)(C)O.CC(O)CC(C)O. The fourth-order valence-corrected chi connectivity index (χ4v) is 1.55. The Morgan fingerprint density at radius 2 is 1.06 bits per heavy atom. The number of aliphatic hydroxyl groups excluding tert-OH is 2. The summed E-state index contributed by atoms with van der Waals surface area (Å²) >= 11 is 0. The molecule has 4 heteroatoms. The second kappa shape index (κ2) is 7.22. The zero-order chi connectivity index (χ0) is 13.6. The van der Waals surface area contributed by atoms with Gasteiger partial charge in [-0.1, -0.05) is 0 Å². The van der Waals surface area contributed by atoms with Gasteiger partial charge in [0.25, 0.3) is 0 Å². The highest BCUT2D eigenvalue weighted by Gasteiger charge is 2.23. The van der Waals surface area contributed by atoms with Crippen molar-refractivity contribution in [2.75, 3.05) is 0 Å². The van der Waals surface area contributed by atoms with Crippen molar-refractivity contribution < 1.29 is 20.4 Å². The summed E-state index contributed by atoms with van der Waals surface area (Å²) in [6.45, 7) is 10.1. The minimum absolute atomic E-state index is 0.375. The molecule has 2 atom stereocenters. The van der Waals surface area contributed by atoms with Crippen molar-refractivity contribution in [3.05, 3.63) is 0 Å². The van der Waals surface area contributed by atoms with Crippen LogP contribution in [0.2, 0.25) is 0 Å². The van der Waals surface area contributed by atoms with Gasteiger partial charge in [-0.25, -0.2) is 0 Å². The molecule has 0 radical (unpaired) electrons. The van der Waals surface area contributed by atoms with Crippen molar-refractivity contribution in [1.82, 2.24) is 0 Å². The van der Waals surface area contributed by atoms with Crippen molar-refractivity contribution in [3.63, 3.8) is 0 Å². The summed E-state index contributed by atoms with van der Waals surface area (Å²) < 4.78 is 0. The molecule has 0 rings (SSSR count). The van der Waals surface area contributed by atoms with Crippen molar-refractivity contribution >= 4 is 0 Å². The molecule has 0 aromatic heterocycles. The maximum absolute atomic E-state index is 9.19. The van der Waals surface area contributed by atoms with Crippen molar-refractivity contribution in [3.8, 4) is 0 Å². The molecule has 4 N–H and O–H groups in total. The van der Waals surface area contributed by atoms with Crippen LogP contribution < -0.4 is 0 Å². The third-order valence-electron chi connectivity index (χ3n) is 1.55. The Morgan fingerprint density at radius 1 is 0.812 bits per heavy atom. The van der Waals surface area contributed by atoms with Crippen molar-refractivity contribution in [1.29, 1.82) is 0 Å². The average molecular weight is 236 g/mol. The zero-order valence-corrected chi connectivity index (χ0v) is 11.4. The summed E-state index contributed by atoms with van der Waals surface area (Å²) in [5, 5.41) is 35.5. The van der Waals surface area contributed by atoms with Gasteiger partial charge in [-0.05, 0) is 48.0 Å². The van der Waals surface area contributed by atoms with E-state index in [1.807, 2.05) is 0 Å². The fourth-order valence-electron chi connectivity index (χ4n) is 1.55. The minimum atomic E-state index is -0.766. The van der Waals surface area contributed by atoms with Gasteiger partial charge in [0.1, 0.15) is 0 Å². The van der Waals surface area contributed by atoms with Crippen LogP contribution in [-0.2, 0) is 0 Å². The van der Waals surface area contributed by atoms with Gasteiger partial charge in [-0.15, -0.1) is 0 Å². The Balaban J connectivity index is 0. The predicted octanol–water partition coefficient (Wildman–Crippen LogP) is 1.06. The van der Waals surface area contributed by atoms with Gasteiger partial charge < -0.3 is 20.4 Å². The van der Waals surface area contributed by atoms with Crippen LogP contribution in [0, 0.1) is 0 Å². The Morgan fingerprint density at radius 3 is 1.06 bits per heavy atom. The lowest BCUT2D eigenvalue weighted by Crippen LogP contribution is -2.32. The Labute approximate surface area is 98.9 Å². The molecule has 0 aliphatic heterocycles. The van der Waals surface area contributed by atoms with Crippen LogP contribution in [0.25, 0.3) is 0 Å². The van der Waals surface area contributed by atoms with Crippen LogP contribution >= 0.6 is 0 Å². The lowest BCUT2D eigenvalue weighted by Gasteiger charge is -2.26. The monoisotopic (exact) mass is 236 g/mol. The molecule has 0 aromatic carbocycles. The molecule has 0 fully saturated rings. The van der Waals surface area contributed by atoms with Crippen molar-refractivity contribution in [2.45, 2.75) is 77.8 Å². The Hall–Kier alpha value is -0.160. The van der Waals surface area contributed by atoms with Gasteiger partial charge >= 0.3 is 0 Å². The van der Waals surface area contributed by atoms with Gasteiger partial charge in [-0.3, -0.25) is 0 Å². The zero-order valence-electron chi connectivity index (χ0n) is 11.4. The van der Waals surface area contributed by atoms with Gasteiger partial charge in [0.2, 0.25) is 0 Å². The standard InChI is InChI=1S/C7H16O2.C5H12O2/c1-6(2,8)5-7(3,4)9;1-4(6)3-5(2)7/h8-9H,5H2,1-4H3;4-7H,3H2,1-2H3. The smallest absolute Gasteiger partial charge is 0.0618 e. The van der Waals surface area contributed by atoms with Gasteiger partial charge in [0, 0.05) is 6.42 Å². The quantitative estimate of drug-likeness (QED) is 0.588. The molecule has 2 unspecified atom stereocenters. The summed E-state index contributed by atoms with van der Waals surface area (Å²) in [6, 6.07) is 0. The van der Waals surface area contributed by atoms with Gasteiger partial charge in [-0.2, -0.15) is 0 Å².